The molecule has 23 heavy (non-hydrogen) atoms. The maximum absolute atomic E-state index is 4.61. The van der Waals surface area contributed by atoms with Crippen LogP contribution in [0.3, 0.4) is 0 Å². The Morgan fingerprint density at radius 2 is 1.78 bits per heavy atom. The van der Waals surface area contributed by atoms with Gasteiger partial charge in [-0.05, 0) is 29.9 Å². The summed E-state index contributed by atoms with van der Waals surface area (Å²) in [6, 6.07) is 18.4. The summed E-state index contributed by atoms with van der Waals surface area (Å²) in [7, 11) is 0. The van der Waals surface area contributed by atoms with E-state index in [-0.39, 0.29) is 0 Å². The van der Waals surface area contributed by atoms with Gasteiger partial charge in [0.05, 0.1) is 6.21 Å². The van der Waals surface area contributed by atoms with E-state index in [2.05, 4.69) is 46.5 Å². The summed E-state index contributed by atoms with van der Waals surface area (Å²) in [4.78, 5) is 0. The normalized spacial score (nSPS) is 11.2. The van der Waals surface area contributed by atoms with Crippen molar-refractivity contribution in [3.05, 3.63) is 77.1 Å². The van der Waals surface area contributed by atoms with Gasteiger partial charge in [-0.2, -0.15) is 9.78 Å². The van der Waals surface area contributed by atoms with Gasteiger partial charge in [0, 0.05) is 6.42 Å². The monoisotopic (exact) mass is 322 g/mol. The van der Waals surface area contributed by atoms with E-state index in [0.717, 1.165) is 16.5 Å². The highest BCUT2D eigenvalue weighted by Gasteiger charge is 2.11. The van der Waals surface area contributed by atoms with Crippen molar-refractivity contribution in [2.24, 2.45) is 5.10 Å². The van der Waals surface area contributed by atoms with E-state index >= 15 is 0 Å². The minimum Gasteiger partial charge on any atom is -0.191 e. The first-order chi connectivity index (χ1) is 11.3. The van der Waals surface area contributed by atoms with Crippen LogP contribution < -0.4 is 0 Å². The lowest BCUT2D eigenvalue weighted by Gasteiger charge is -2.04. The van der Waals surface area contributed by atoms with Gasteiger partial charge in [0.15, 0.2) is 5.82 Å². The maximum Gasteiger partial charge on any atom is 0.211 e. The van der Waals surface area contributed by atoms with E-state index in [0.29, 0.717) is 6.42 Å². The molecular formula is C18H18N4S. The molecular weight excluding hydrogens is 304 g/mol. The fraction of sp³-hybridized carbons (Fsp3) is 0.167. The molecule has 1 aromatic heterocycles. The van der Waals surface area contributed by atoms with Crippen LogP contribution in [-0.4, -0.2) is 27.3 Å². The highest BCUT2D eigenvalue weighted by atomic mass is 32.2. The third-order valence-corrected chi connectivity index (χ3v) is 4.18. The molecule has 2 aromatic carbocycles. The van der Waals surface area contributed by atoms with Crippen LogP contribution in [0.1, 0.15) is 22.5 Å². The van der Waals surface area contributed by atoms with Crippen LogP contribution in [0.5, 0.6) is 0 Å². The Bertz CT molecular complexity index is 809. The molecule has 0 aliphatic heterocycles. The van der Waals surface area contributed by atoms with Gasteiger partial charge in [-0.15, -0.1) is 10.2 Å². The summed E-state index contributed by atoms with van der Waals surface area (Å²) in [6.07, 6.45) is 4.56. The predicted octanol–water partition coefficient (Wildman–Crippen LogP) is 3.78. The van der Waals surface area contributed by atoms with Crippen molar-refractivity contribution in [1.82, 2.24) is 14.9 Å². The molecule has 5 heteroatoms. The average molecular weight is 322 g/mol. The molecule has 0 amide bonds. The summed E-state index contributed by atoms with van der Waals surface area (Å²) in [6.45, 7) is 2.08. The van der Waals surface area contributed by atoms with Gasteiger partial charge in [0.2, 0.25) is 5.16 Å². The zero-order chi connectivity index (χ0) is 16.1. The molecule has 4 nitrogen and oxygen atoms in total. The summed E-state index contributed by atoms with van der Waals surface area (Å²) < 4.78 is 1.82. The summed E-state index contributed by atoms with van der Waals surface area (Å²) in [5.74, 6) is 0.838. The number of nitrogens with zero attached hydrogens (tertiary/aromatic N) is 4. The molecule has 0 aliphatic carbocycles. The molecule has 3 aromatic rings. The zero-order valence-corrected chi connectivity index (χ0v) is 14.0. The second-order valence-electron chi connectivity index (χ2n) is 5.18. The molecule has 3 rings (SSSR count). The van der Waals surface area contributed by atoms with Crippen molar-refractivity contribution < 1.29 is 0 Å². The Labute approximate surface area is 140 Å². The Morgan fingerprint density at radius 1 is 1.04 bits per heavy atom. The van der Waals surface area contributed by atoms with Gasteiger partial charge in [0.25, 0.3) is 0 Å². The van der Waals surface area contributed by atoms with Crippen molar-refractivity contribution in [2.75, 3.05) is 6.26 Å². The minimum atomic E-state index is 0.708. The average Bonchev–Trinajstić information content (AvgIpc) is 2.97. The first kappa shape index (κ1) is 15.5. The van der Waals surface area contributed by atoms with Crippen LogP contribution in [0, 0.1) is 6.92 Å². The van der Waals surface area contributed by atoms with Gasteiger partial charge in [-0.1, -0.05) is 66.4 Å². The lowest BCUT2D eigenvalue weighted by Crippen LogP contribution is -2.01. The van der Waals surface area contributed by atoms with E-state index in [1.54, 1.807) is 11.8 Å². The Balaban J connectivity index is 1.91. The summed E-state index contributed by atoms with van der Waals surface area (Å²) >= 11 is 1.54. The van der Waals surface area contributed by atoms with Crippen molar-refractivity contribution in [3.63, 3.8) is 0 Å². The van der Waals surface area contributed by atoms with Gasteiger partial charge in [-0.25, -0.2) is 0 Å². The Kier molecular flexibility index (Phi) is 4.88. The van der Waals surface area contributed by atoms with Gasteiger partial charge >= 0.3 is 0 Å². The van der Waals surface area contributed by atoms with E-state index in [9.17, 15) is 0 Å². The number of rotatable bonds is 5. The largest absolute Gasteiger partial charge is 0.211 e. The Morgan fingerprint density at radius 3 is 2.52 bits per heavy atom. The first-order valence-electron chi connectivity index (χ1n) is 7.40. The van der Waals surface area contributed by atoms with Crippen LogP contribution in [0.2, 0.25) is 0 Å². The van der Waals surface area contributed by atoms with Crippen molar-refractivity contribution >= 4 is 18.0 Å². The smallest absolute Gasteiger partial charge is 0.191 e. The van der Waals surface area contributed by atoms with E-state index in [1.165, 1.54) is 11.1 Å². The molecule has 0 saturated heterocycles. The Hall–Kier alpha value is -2.40. The van der Waals surface area contributed by atoms with Crippen LogP contribution in [0.15, 0.2) is 64.9 Å². The van der Waals surface area contributed by atoms with Gasteiger partial charge in [0.1, 0.15) is 0 Å². The minimum absolute atomic E-state index is 0.708. The van der Waals surface area contributed by atoms with Crippen molar-refractivity contribution in [3.8, 4) is 0 Å². The van der Waals surface area contributed by atoms with E-state index < -0.39 is 0 Å². The van der Waals surface area contributed by atoms with Crippen LogP contribution >= 0.6 is 11.8 Å². The number of hydrogen-bond acceptors (Lipinski definition) is 4. The third kappa shape index (κ3) is 3.68. The van der Waals surface area contributed by atoms with Gasteiger partial charge in [-0.3, -0.25) is 0 Å². The quantitative estimate of drug-likeness (QED) is 0.530. The molecule has 0 radical (unpaired) electrons. The number of thioether (sulfide) groups is 1. The molecule has 1 heterocycles. The molecule has 0 saturated carbocycles. The van der Waals surface area contributed by atoms with Crippen molar-refractivity contribution in [2.45, 2.75) is 18.5 Å². The second-order valence-corrected chi connectivity index (χ2v) is 5.95. The van der Waals surface area contributed by atoms with Crippen molar-refractivity contribution in [1.29, 1.82) is 0 Å². The number of hydrogen-bond donors (Lipinski definition) is 0. The van der Waals surface area contributed by atoms with Gasteiger partial charge < -0.3 is 0 Å². The third-order valence-electron chi connectivity index (χ3n) is 3.57. The molecule has 0 spiro atoms. The first-order valence-corrected chi connectivity index (χ1v) is 8.62. The molecule has 0 unspecified atom stereocenters. The number of aryl methyl sites for hydroxylation is 1. The fourth-order valence-electron chi connectivity index (χ4n) is 2.28. The fourth-order valence-corrected chi connectivity index (χ4v) is 2.73. The highest BCUT2D eigenvalue weighted by Crippen LogP contribution is 2.16. The second kappa shape index (κ2) is 7.24. The summed E-state index contributed by atoms with van der Waals surface area (Å²) in [5.41, 5.74) is 3.48. The molecule has 116 valence electrons. The van der Waals surface area contributed by atoms with Crippen LogP contribution in [-0.2, 0) is 6.42 Å². The lowest BCUT2D eigenvalue weighted by atomic mass is 10.1. The predicted molar refractivity (Wildman–Crippen MR) is 95.2 cm³/mol. The van der Waals surface area contributed by atoms with E-state index in [4.69, 9.17) is 0 Å². The number of aromatic nitrogens is 3. The summed E-state index contributed by atoms with van der Waals surface area (Å²) in [5, 5.41) is 13.9. The molecule has 0 bridgehead atoms. The van der Waals surface area contributed by atoms with Crippen LogP contribution in [0.4, 0.5) is 0 Å². The molecule has 0 atom stereocenters. The zero-order valence-electron chi connectivity index (χ0n) is 13.2. The molecule has 0 fully saturated rings. The lowest BCUT2D eigenvalue weighted by molar-refractivity contribution is 0.730. The number of benzene rings is 2. The molecule has 0 N–H and O–H groups in total. The SMILES string of the molecule is CSc1nnc(Cc2ccccc2)n1/N=C\c1ccccc1C. The topological polar surface area (TPSA) is 43.1 Å². The molecule has 0 aliphatic rings. The maximum atomic E-state index is 4.61. The van der Waals surface area contributed by atoms with Crippen LogP contribution in [0.25, 0.3) is 0 Å². The van der Waals surface area contributed by atoms with E-state index in [1.807, 2.05) is 47.5 Å². The standard InChI is InChI=1S/C18H18N4S/c1-14-8-6-7-11-16(14)13-19-22-17(20-21-18(22)23-2)12-15-9-4-3-5-10-15/h3-11,13H,12H2,1-2H3/b19-13-. The highest BCUT2D eigenvalue weighted by molar-refractivity contribution is 7.98.